The summed E-state index contributed by atoms with van der Waals surface area (Å²) in [7, 11) is 0. The Morgan fingerprint density at radius 3 is 2.93 bits per heavy atom. The number of benzene rings is 1. The molecule has 0 aliphatic carbocycles. The number of hydrogen-bond acceptors (Lipinski definition) is 3. The van der Waals surface area contributed by atoms with Crippen LogP contribution < -0.4 is 0 Å². The normalized spacial score (nSPS) is 13.3. The molecule has 74 valence electrons. The summed E-state index contributed by atoms with van der Waals surface area (Å²) in [6, 6.07) is 8.17. The van der Waals surface area contributed by atoms with Gasteiger partial charge in [0.2, 0.25) is 0 Å². The van der Waals surface area contributed by atoms with Crippen molar-refractivity contribution in [2.45, 2.75) is 12.5 Å². The largest absolute Gasteiger partial charge is 0.388 e. The molecule has 1 aromatic carbocycles. The van der Waals surface area contributed by atoms with Crippen LogP contribution in [0.1, 0.15) is 18.1 Å². The monoisotopic (exact) mass is 224 g/mol. The van der Waals surface area contributed by atoms with Crippen molar-refractivity contribution >= 4 is 34.1 Å². The summed E-state index contributed by atoms with van der Waals surface area (Å²) in [5.74, 6) is 0.714. The van der Waals surface area contributed by atoms with E-state index in [1.54, 1.807) is 11.3 Å². The van der Waals surface area contributed by atoms with Crippen LogP contribution in [0.3, 0.4) is 0 Å². The van der Waals surface area contributed by atoms with Gasteiger partial charge in [-0.3, -0.25) is 0 Å². The van der Waals surface area contributed by atoms with Gasteiger partial charge in [0.25, 0.3) is 0 Å². The van der Waals surface area contributed by atoms with Crippen molar-refractivity contribution in [2.75, 3.05) is 5.75 Å². The van der Waals surface area contributed by atoms with Crippen molar-refractivity contribution in [1.82, 2.24) is 0 Å². The molecule has 1 aromatic heterocycles. The topological polar surface area (TPSA) is 20.2 Å². The minimum absolute atomic E-state index is 0.372. The number of hydrogen-bond donors (Lipinski definition) is 2. The Hall–Kier alpha value is -0.510. The first-order valence-corrected chi connectivity index (χ1v) is 6.09. The third-order valence-corrected chi connectivity index (χ3v) is 3.51. The highest BCUT2D eigenvalue weighted by Gasteiger charge is 2.11. The first-order chi connectivity index (χ1) is 6.83. The van der Waals surface area contributed by atoms with E-state index in [0.717, 1.165) is 5.56 Å². The van der Waals surface area contributed by atoms with Crippen LogP contribution in [0.2, 0.25) is 0 Å². The Morgan fingerprint density at radius 1 is 1.36 bits per heavy atom. The molecule has 14 heavy (non-hydrogen) atoms. The molecule has 0 spiro atoms. The van der Waals surface area contributed by atoms with Gasteiger partial charge in [0, 0.05) is 4.70 Å². The van der Waals surface area contributed by atoms with Gasteiger partial charge in [-0.2, -0.15) is 12.6 Å². The van der Waals surface area contributed by atoms with Gasteiger partial charge in [0.05, 0.1) is 6.10 Å². The van der Waals surface area contributed by atoms with E-state index < -0.39 is 0 Å². The van der Waals surface area contributed by atoms with Gasteiger partial charge in [-0.1, -0.05) is 18.2 Å². The lowest BCUT2D eigenvalue weighted by Crippen LogP contribution is -1.96. The lowest BCUT2D eigenvalue weighted by Gasteiger charge is -2.07. The van der Waals surface area contributed by atoms with E-state index in [1.165, 1.54) is 10.1 Å². The lowest BCUT2D eigenvalue weighted by atomic mass is 10.1. The molecule has 1 N–H and O–H groups in total. The summed E-state index contributed by atoms with van der Waals surface area (Å²) in [6.07, 6.45) is 0.341. The molecule has 1 unspecified atom stereocenters. The zero-order valence-corrected chi connectivity index (χ0v) is 9.39. The molecule has 1 nitrogen and oxygen atoms in total. The van der Waals surface area contributed by atoms with Crippen LogP contribution in [0.5, 0.6) is 0 Å². The molecule has 1 atom stereocenters. The Kier molecular flexibility index (Phi) is 3.11. The second kappa shape index (κ2) is 4.34. The maximum atomic E-state index is 9.87. The summed E-state index contributed by atoms with van der Waals surface area (Å²) in [4.78, 5) is 0. The van der Waals surface area contributed by atoms with Crippen molar-refractivity contribution < 1.29 is 5.11 Å². The Morgan fingerprint density at radius 2 is 2.14 bits per heavy atom. The fourth-order valence-corrected chi connectivity index (χ4v) is 2.79. The van der Waals surface area contributed by atoms with Crippen LogP contribution in [-0.4, -0.2) is 10.9 Å². The number of rotatable bonds is 3. The van der Waals surface area contributed by atoms with Gasteiger partial charge >= 0.3 is 0 Å². The summed E-state index contributed by atoms with van der Waals surface area (Å²) in [5, 5.41) is 13.1. The van der Waals surface area contributed by atoms with E-state index in [4.69, 9.17) is 0 Å². The van der Waals surface area contributed by atoms with Gasteiger partial charge in [-0.25, -0.2) is 0 Å². The lowest BCUT2D eigenvalue weighted by molar-refractivity contribution is 0.177. The fourth-order valence-electron chi connectivity index (χ4n) is 1.53. The average molecular weight is 224 g/mol. The second-order valence-electron chi connectivity index (χ2n) is 3.22. The highest BCUT2D eigenvalue weighted by Crippen LogP contribution is 2.31. The summed E-state index contributed by atoms with van der Waals surface area (Å²) >= 11 is 5.81. The third-order valence-electron chi connectivity index (χ3n) is 2.27. The van der Waals surface area contributed by atoms with Gasteiger partial charge in [-0.05, 0) is 34.6 Å². The molecule has 0 saturated heterocycles. The molecule has 2 aromatic rings. The van der Waals surface area contributed by atoms with Crippen LogP contribution in [0.15, 0.2) is 29.6 Å². The Labute approximate surface area is 92.8 Å². The number of thiol groups is 1. The standard InChI is InChI=1S/C11H12OS2/c12-10(5-6-13)9-7-14-11-4-2-1-3-8(9)11/h1-4,7,10,12-13H,5-6H2. The quantitative estimate of drug-likeness (QED) is 0.767. The summed E-state index contributed by atoms with van der Waals surface area (Å²) in [6.45, 7) is 0. The summed E-state index contributed by atoms with van der Waals surface area (Å²) in [5.41, 5.74) is 1.04. The van der Waals surface area contributed by atoms with Crippen LogP contribution in [0.4, 0.5) is 0 Å². The zero-order chi connectivity index (χ0) is 9.97. The van der Waals surface area contributed by atoms with Gasteiger partial charge < -0.3 is 5.11 Å². The minimum atomic E-state index is -0.372. The molecular weight excluding hydrogens is 212 g/mol. The van der Waals surface area contributed by atoms with Crippen LogP contribution >= 0.6 is 24.0 Å². The predicted molar refractivity (Wildman–Crippen MR) is 65.3 cm³/mol. The molecule has 0 radical (unpaired) electrons. The zero-order valence-electron chi connectivity index (χ0n) is 7.68. The van der Waals surface area contributed by atoms with Crippen molar-refractivity contribution in [3.05, 3.63) is 35.2 Å². The number of aliphatic hydroxyl groups is 1. The Balaban J connectivity index is 2.42. The van der Waals surface area contributed by atoms with E-state index in [2.05, 4.69) is 24.8 Å². The van der Waals surface area contributed by atoms with Crippen molar-refractivity contribution in [2.24, 2.45) is 0 Å². The van der Waals surface area contributed by atoms with E-state index in [-0.39, 0.29) is 6.10 Å². The second-order valence-corrected chi connectivity index (χ2v) is 4.57. The van der Waals surface area contributed by atoms with E-state index in [9.17, 15) is 5.11 Å². The molecule has 2 rings (SSSR count). The molecule has 1 heterocycles. The molecule has 3 heteroatoms. The smallest absolute Gasteiger partial charge is 0.0811 e. The van der Waals surface area contributed by atoms with Crippen molar-refractivity contribution in [3.8, 4) is 0 Å². The van der Waals surface area contributed by atoms with Crippen molar-refractivity contribution in [1.29, 1.82) is 0 Å². The highest BCUT2D eigenvalue weighted by atomic mass is 32.1. The van der Waals surface area contributed by atoms with Crippen LogP contribution in [-0.2, 0) is 0 Å². The highest BCUT2D eigenvalue weighted by molar-refractivity contribution is 7.80. The first kappa shape index (κ1) is 10.0. The molecular formula is C11H12OS2. The maximum absolute atomic E-state index is 9.87. The van der Waals surface area contributed by atoms with E-state index in [1.807, 2.05) is 17.5 Å². The van der Waals surface area contributed by atoms with Gasteiger partial charge in [-0.15, -0.1) is 11.3 Å². The van der Waals surface area contributed by atoms with E-state index in [0.29, 0.717) is 12.2 Å². The average Bonchev–Trinajstić information content (AvgIpc) is 2.61. The van der Waals surface area contributed by atoms with Gasteiger partial charge in [0.1, 0.15) is 0 Å². The molecule has 0 bridgehead atoms. The minimum Gasteiger partial charge on any atom is -0.388 e. The number of aliphatic hydroxyl groups excluding tert-OH is 1. The predicted octanol–water partition coefficient (Wildman–Crippen LogP) is 3.25. The van der Waals surface area contributed by atoms with Crippen molar-refractivity contribution in [3.63, 3.8) is 0 Å². The Bertz CT molecular complexity index is 422. The first-order valence-electron chi connectivity index (χ1n) is 4.58. The molecule has 0 fully saturated rings. The molecule has 0 amide bonds. The SMILES string of the molecule is OC(CCS)c1csc2ccccc12. The third kappa shape index (κ3) is 1.80. The van der Waals surface area contributed by atoms with Crippen LogP contribution in [0, 0.1) is 0 Å². The summed E-state index contributed by atoms with van der Waals surface area (Å²) < 4.78 is 1.24. The van der Waals surface area contributed by atoms with Gasteiger partial charge in [0.15, 0.2) is 0 Å². The molecule has 0 aliphatic rings. The maximum Gasteiger partial charge on any atom is 0.0811 e. The number of fused-ring (bicyclic) bond motifs is 1. The number of thiophene rings is 1. The van der Waals surface area contributed by atoms with E-state index >= 15 is 0 Å². The molecule has 0 saturated carbocycles. The molecule has 0 aliphatic heterocycles. The fraction of sp³-hybridized carbons (Fsp3) is 0.273. The van der Waals surface area contributed by atoms with Crippen LogP contribution in [0.25, 0.3) is 10.1 Å².